The number of carbonyl (C=O) groups is 2. The predicted octanol–water partition coefficient (Wildman–Crippen LogP) is 0.962. The van der Waals surface area contributed by atoms with Crippen molar-refractivity contribution in [2.75, 3.05) is 26.7 Å². The van der Waals surface area contributed by atoms with Crippen LogP contribution in [0.3, 0.4) is 0 Å². The van der Waals surface area contributed by atoms with Gasteiger partial charge in [-0.1, -0.05) is 0 Å². The number of nitrogens with two attached hydrogens (primary N) is 2. The van der Waals surface area contributed by atoms with Crippen molar-refractivity contribution in [3.63, 3.8) is 0 Å². The van der Waals surface area contributed by atoms with Crippen LogP contribution in [0, 0.1) is 20.8 Å². The number of benzene rings is 1. The number of aliphatic imine (C=N–C) groups is 1. The lowest BCUT2D eigenvalue weighted by Crippen LogP contribution is -2.44. The minimum atomic E-state index is -3.95. The Kier molecular flexibility index (Phi) is 11.4. The topological polar surface area (TPSA) is 187 Å². The zero-order valence-electron chi connectivity index (χ0n) is 22.1. The molecule has 0 fully saturated rings. The monoisotopic (exact) mass is 528 g/mol. The van der Waals surface area contributed by atoms with Crippen LogP contribution in [-0.4, -0.2) is 64.8 Å². The van der Waals surface area contributed by atoms with Gasteiger partial charge in [0, 0.05) is 19.6 Å². The number of nitrogens with one attached hydrogen (secondary N) is 3. The standard InChI is InChI=1S/C23H40N6O6S/c1-14-13-18(34-7)15(2)16(3)19(14)36(32,33)29-21(25)27-10-8-9-17(24)20(30)26-11-12-28-22(31)35-23(4,5)6/h13,17H,8-12,24H2,1-7H3,(H,26,30)(H,28,31)(H3,25,27,29)/t17-/m0/s1. The van der Waals surface area contributed by atoms with E-state index in [4.69, 9.17) is 20.9 Å². The van der Waals surface area contributed by atoms with Crippen LogP contribution in [0.1, 0.15) is 50.3 Å². The Morgan fingerprint density at radius 1 is 1.11 bits per heavy atom. The summed E-state index contributed by atoms with van der Waals surface area (Å²) in [6, 6.07) is 0.872. The Labute approximate surface area is 213 Å². The maximum absolute atomic E-state index is 12.9. The predicted molar refractivity (Wildman–Crippen MR) is 138 cm³/mol. The Hall–Kier alpha value is -3.06. The average Bonchev–Trinajstić information content (AvgIpc) is 2.74. The van der Waals surface area contributed by atoms with E-state index in [0.29, 0.717) is 35.3 Å². The molecule has 12 nitrogen and oxygen atoms in total. The van der Waals surface area contributed by atoms with Crippen molar-refractivity contribution in [2.45, 2.75) is 70.9 Å². The molecule has 0 unspecified atom stereocenters. The van der Waals surface area contributed by atoms with E-state index in [0.717, 1.165) is 0 Å². The number of alkyl carbamates (subject to hydrolysis) is 1. The van der Waals surface area contributed by atoms with Crippen molar-refractivity contribution < 1.29 is 27.5 Å². The smallest absolute Gasteiger partial charge is 0.407 e. The van der Waals surface area contributed by atoms with Crippen molar-refractivity contribution >= 4 is 28.0 Å². The number of guanidine groups is 1. The first-order valence-corrected chi connectivity index (χ1v) is 13.0. The van der Waals surface area contributed by atoms with Gasteiger partial charge in [0.05, 0.1) is 18.0 Å². The van der Waals surface area contributed by atoms with Crippen LogP contribution in [0.4, 0.5) is 4.79 Å². The van der Waals surface area contributed by atoms with Gasteiger partial charge in [-0.2, -0.15) is 0 Å². The van der Waals surface area contributed by atoms with Crippen LogP contribution < -0.4 is 31.6 Å². The lowest BCUT2D eigenvalue weighted by Gasteiger charge is -2.19. The molecule has 0 radical (unpaired) electrons. The highest BCUT2D eigenvalue weighted by Crippen LogP contribution is 2.30. The second kappa shape index (κ2) is 13.3. The summed E-state index contributed by atoms with van der Waals surface area (Å²) in [6.45, 7) is 11.0. The van der Waals surface area contributed by atoms with Gasteiger partial charge in [0.25, 0.3) is 10.0 Å². The molecule has 204 valence electrons. The van der Waals surface area contributed by atoms with E-state index in [1.165, 1.54) is 7.11 Å². The minimum Gasteiger partial charge on any atom is -0.496 e. The fourth-order valence-corrected chi connectivity index (χ4v) is 4.79. The fourth-order valence-electron chi connectivity index (χ4n) is 3.31. The second-order valence-corrected chi connectivity index (χ2v) is 10.9. The Morgan fingerprint density at radius 3 is 2.31 bits per heavy atom. The number of carbonyl (C=O) groups excluding carboxylic acids is 2. The van der Waals surface area contributed by atoms with Crippen LogP contribution in [0.25, 0.3) is 0 Å². The molecule has 0 aliphatic rings. The number of rotatable bonds is 11. The van der Waals surface area contributed by atoms with Crippen LogP contribution in [0.15, 0.2) is 16.0 Å². The van der Waals surface area contributed by atoms with Gasteiger partial charge in [-0.15, -0.1) is 0 Å². The lowest BCUT2D eigenvalue weighted by atomic mass is 10.1. The highest BCUT2D eigenvalue weighted by molar-refractivity contribution is 7.90. The fraction of sp³-hybridized carbons (Fsp3) is 0.609. The van der Waals surface area contributed by atoms with Gasteiger partial charge in [0.1, 0.15) is 11.4 Å². The molecule has 0 bridgehead atoms. The normalized spacial score (nSPS) is 13.1. The molecule has 0 aromatic heterocycles. The van der Waals surface area contributed by atoms with Crippen LogP contribution in [-0.2, 0) is 19.6 Å². The summed E-state index contributed by atoms with van der Waals surface area (Å²) in [5.74, 6) is -0.0294. The molecule has 0 spiro atoms. The van der Waals surface area contributed by atoms with E-state index in [1.54, 1.807) is 47.6 Å². The number of hydrogen-bond acceptors (Lipinski definition) is 8. The van der Waals surface area contributed by atoms with Gasteiger partial charge in [0.15, 0.2) is 0 Å². The molecule has 0 aliphatic heterocycles. The van der Waals surface area contributed by atoms with Gasteiger partial charge in [-0.3, -0.25) is 9.79 Å². The van der Waals surface area contributed by atoms with Crippen molar-refractivity contribution in [2.24, 2.45) is 16.5 Å². The molecule has 0 saturated carbocycles. The van der Waals surface area contributed by atoms with Crippen molar-refractivity contribution in [3.8, 4) is 5.75 Å². The Balaban J connectivity index is 2.51. The Bertz CT molecular complexity index is 1070. The molecule has 1 aromatic carbocycles. The van der Waals surface area contributed by atoms with E-state index in [9.17, 15) is 18.0 Å². The number of nitrogens with zero attached hydrogens (tertiary/aromatic N) is 1. The van der Waals surface area contributed by atoms with E-state index in [1.807, 2.05) is 0 Å². The van der Waals surface area contributed by atoms with E-state index >= 15 is 0 Å². The summed E-state index contributed by atoms with van der Waals surface area (Å²) in [6.07, 6.45) is 0.150. The van der Waals surface area contributed by atoms with Gasteiger partial charge < -0.3 is 31.6 Å². The molecule has 1 atom stereocenters. The quantitative estimate of drug-likeness (QED) is 0.159. The number of aryl methyl sites for hydroxylation is 1. The summed E-state index contributed by atoms with van der Waals surface area (Å²) in [4.78, 5) is 27.8. The molecule has 1 aromatic rings. The zero-order valence-corrected chi connectivity index (χ0v) is 23.0. The number of ether oxygens (including phenoxy) is 2. The summed E-state index contributed by atoms with van der Waals surface area (Å²) < 4.78 is 38.4. The van der Waals surface area contributed by atoms with Crippen molar-refractivity contribution in [1.82, 2.24) is 15.4 Å². The average molecular weight is 529 g/mol. The molecule has 2 amide bonds. The molecule has 1 rings (SSSR count). The van der Waals surface area contributed by atoms with Crippen LogP contribution in [0.5, 0.6) is 5.75 Å². The van der Waals surface area contributed by atoms with Gasteiger partial charge in [-0.25, -0.2) is 17.9 Å². The van der Waals surface area contributed by atoms with Crippen LogP contribution in [0.2, 0.25) is 0 Å². The second-order valence-electron chi connectivity index (χ2n) is 9.32. The first kappa shape index (κ1) is 31.0. The lowest BCUT2D eigenvalue weighted by molar-refractivity contribution is -0.122. The molecular weight excluding hydrogens is 488 g/mol. The third-order valence-corrected chi connectivity index (χ3v) is 6.73. The van der Waals surface area contributed by atoms with Gasteiger partial charge >= 0.3 is 6.09 Å². The Morgan fingerprint density at radius 2 is 1.72 bits per heavy atom. The summed E-state index contributed by atoms with van der Waals surface area (Å²) in [5, 5.41) is 5.16. The van der Waals surface area contributed by atoms with E-state index in [2.05, 4.69) is 20.3 Å². The molecule has 13 heteroatoms. The molecule has 7 N–H and O–H groups in total. The van der Waals surface area contributed by atoms with Crippen LogP contribution >= 0.6 is 0 Å². The number of sulfonamides is 1. The summed E-state index contributed by atoms with van der Waals surface area (Å²) in [7, 11) is -2.43. The largest absolute Gasteiger partial charge is 0.496 e. The summed E-state index contributed by atoms with van der Waals surface area (Å²) >= 11 is 0. The first-order valence-electron chi connectivity index (χ1n) is 11.6. The maximum atomic E-state index is 12.9. The molecule has 0 saturated heterocycles. The number of amides is 2. The molecule has 36 heavy (non-hydrogen) atoms. The number of methoxy groups -OCH3 is 1. The van der Waals surface area contributed by atoms with Crippen molar-refractivity contribution in [3.05, 3.63) is 22.8 Å². The number of hydrogen-bond donors (Lipinski definition) is 5. The molecular formula is C23H40N6O6S. The maximum Gasteiger partial charge on any atom is 0.407 e. The first-order chi connectivity index (χ1) is 16.6. The van der Waals surface area contributed by atoms with E-state index < -0.39 is 27.8 Å². The molecule has 0 aliphatic carbocycles. The third-order valence-electron chi connectivity index (χ3n) is 5.09. The SMILES string of the molecule is COc1cc(C)c(S(=O)(=O)NC(N)=NCCC[C@H](N)C(=O)NCCNC(=O)OC(C)(C)C)c(C)c1C. The van der Waals surface area contributed by atoms with Crippen molar-refractivity contribution in [1.29, 1.82) is 0 Å². The highest BCUT2D eigenvalue weighted by atomic mass is 32.2. The highest BCUT2D eigenvalue weighted by Gasteiger charge is 2.23. The zero-order chi connectivity index (χ0) is 27.7. The minimum absolute atomic E-state index is 0.124. The van der Waals surface area contributed by atoms with E-state index in [-0.39, 0.29) is 36.4 Å². The third kappa shape index (κ3) is 9.90. The summed E-state index contributed by atoms with van der Waals surface area (Å²) in [5.41, 5.74) is 12.9. The van der Waals surface area contributed by atoms with Gasteiger partial charge in [-0.05, 0) is 77.1 Å². The molecule has 0 heterocycles. The van der Waals surface area contributed by atoms with Gasteiger partial charge in [0.2, 0.25) is 11.9 Å².